The summed E-state index contributed by atoms with van der Waals surface area (Å²) in [5, 5.41) is 7.16. The molecule has 0 heterocycles. The van der Waals surface area contributed by atoms with Crippen molar-refractivity contribution in [3.8, 4) is 0 Å². The summed E-state index contributed by atoms with van der Waals surface area (Å²) < 4.78 is 0. The van der Waals surface area contributed by atoms with Crippen LogP contribution in [0.2, 0.25) is 0 Å². The van der Waals surface area contributed by atoms with Gasteiger partial charge in [0, 0.05) is 5.56 Å². The van der Waals surface area contributed by atoms with Gasteiger partial charge in [0.15, 0.2) is 0 Å². The van der Waals surface area contributed by atoms with Crippen molar-refractivity contribution in [1.82, 2.24) is 0 Å². The zero-order valence-corrected chi connectivity index (χ0v) is 6.30. The third-order valence-corrected chi connectivity index (χ3v) is 1.53. The number of nitrogens with two attached hydrogens (primary N) is 1. The second kappa shape index (κ2) is 3.19. The molecule has 0 saturated carbocycles. The number of hydrogen-bond donors (Lipinski definition) is 2. The number of amidine groups is 1. The van der Waals surface area contributed by atoms with Crippen LogP contribution in [0.4, 0.5) is 0 Å². The summed E-state index contributed by atoms with van der Waals surface area (Å²) in [6, 6.07) is 7.56. The average Bonchev–Trinajstić information content (AvgIpc) is 2.05. The molecule has 0 spiro atoms. The molecule has 0 aromatic heterocycles. The van der Waals surface area contributed by atoms with Crippen LogP contribution in [0.5, 0.6) is 0 Å². The van der Waals surface area contributed by atoms with E-state index >= 15 is 0 Å². The molecule has 0 amide bonds. The SMILES string of the molecule is [CH2]Cc1cccc(C(=N)N)c1. The lowest BCUT2D eigenvalue weighted by atomic mass is 10.1. The molecule has 11 heavy (non-hydrogen) atoms. The van der Waals surface area contributed by atoms with E-state index in [9.17, 15) is 0 Å². The molecule has 1 aromatic rings. The Morgan fingerprint density at radius 2 is 2.27 bits per heavy atom. The minimum absolute atomic E-state index is 0.111. The molecule has 0 saturated heterocycles. The molecule has 2 heteroatoms. The van der Waals surface area contributed by atoms with Crippen LogP contribution in [0.25, 0.3) is 0 Å². The third kappa shape index (κ3) is 1.80. The highest BCUT2D eigenvalue weighted by Crippen LogP contribution is 2.04. The Morgan fingerprint density at radius 3 is 2.82 bits per heavy atom. The summed E-state index contributed by atoms with van der Waals surface area (Å²) in [5.41, 5.74) is 7.18. The van der Waals surface area contributed by atoms with Crippen LogP contribution >= 0.6 is 0 Å². The van der Waals surface area contributed by atoms with Crippen molar-refractivity contribution < 1.29 is 0 Å². The summed E-state index contributed by atoms with van der Waals surface area (Å²) in [7, 11) is 0. The van der Waals surface area contributed by atoms with Crippen LogP contribution in [0.3, 0.4) is 0 Å². The van der Waals surface area contributed by atoms with Crippen molar-refractivity contribution in [2.45, 2.75) is 6.42 Å². The van der Waals surface area contributed by atoms with Gasteiger partial charge in [0.05, 0.1) is 0 Å². The van der Waals surface area contributed by atoms with Crippen molar-refractivity contribution in [2.24, 2.45) is 5.73 Å². The number of rotatable bonds is 2. The average molecular weight is 147 g/mol. The molecular formula is C9H11N2. The predicted molar refractivity (Wildman–Crippen MR) is 46.5 cm³/mol. The number of nitrogen functional groups attached to an aromatic ring is 1. The summed E-state index contributed by atoms with van der Waals surface area (Å²) in [4.78, 5) is 0. The van der Waals surface area contributed by atoms with E-state index in [1.54, 1.807) is 0 Å². The molecule has 0 bridgehead atoms. The van der Waals surface area contributed by atoms with E-state index in [4.69, 9.17) is 11.1 Å². The van der Waals surface area contributed by atoms with Crippen molar-refractivity contribution in [2.75, 3.05) is 0 Å². The molecule has 0 aliphatic heterocycles. The van der Waals surface area contributed by atoms with Gasteiger partial charge in [0.2, 0.25) is 0 Å². The zero-order chi connectivity index (χ0) is 8.27. The fraction of sp³-hybridized carbons (Fsp3) is 0.111. The maximum atomic E-state index is 7.16. The highest BCUT2D eigenvalue weighted by Gasteiger charge is 1.95. The molecule has 1 rings (SSSR count). The van der Waals surface area contributed by atoms with E-state index in [1.807, 2.05) is 24.3 Å². The van der Waals surface area contributed by atoms with E-state index in [-0.39, 0.29) is 5.84 Å². The van der Waals surface area contributed by atoms with Gasteiger partial charge < -0.3 is 5.73 Å². The molecule has 0 fully saturated rings. The molecule has 0 aliphatic carbocycles. The Hall–Kier alpha value is -1.31. The Kier molecular flexibility index (Phi) is 2.26. The van der Waals surface area contributed by atoms with Crippen LogP contribution in [0.15, 0.2) is 24.3 Å². The number of benzene rings is 1. The van der Waals surface area contributed by atoms with E-state index < -0.39 is 0 Å². The predicted octanol–water partition coefficient (Wildman–Crippen LogP) is 1.35. The lowest BCUT2D eigenvalue weighted by Gasteiger charge is -1.99. The zero-order valence-electron chi connectivity index (χ0n) is 6.30. The maximum absolute atomic E-state index is 7.16. The van der Waals surface area contributed by atoms with E-state index in [0.717, 1.165) is 17.5 Å². The van der Waals surface area contributed by atoms with Crippen molar-refractivity contribution >= 4 is 5.84 Å². The molecule has 0 atom stereocenters. The van der Waals surface area contributed by atoms with E-state index in [2.05, 4.69) is 6.92 Å². The second-order valence-electron chi connectivity index (χ2n) is 2.36. The first-order valence-electron chi connectivity index (χ1n) is 3.46. The van der Waals surface area contributed by atoms with Gasteiger partial charge in [-0.05, 0) is 25.0 Å². The Bertz CT molecular complexity index is 266. The van der Waals surface area contributed by atoms with Gasteiger partial charge in [-0.3, -0.25) is 5.41 Å². The molecule has 57 valence electrons. The van der Waals surface area contributed by atoms with Gasteiger partial charge in [-0.25, -0.2) is 0 Å². The normalized spacial score (nSPS) is 9.55. The Labute approximate surface area is 66.6 Å². The third-order valence-electron chi connectivity index (χ3n) is 1.53. The molecule has 0 aliphatic rings. The maximum Gasteiger partial charge on any atom is 0.122 e. The van der Waals surface area contributed by atoms with Gasteiger partial charge in [0.25, 0.3) is 0 Å². The van der Waals surface area contributed by atoms with Gasteiger partial charge in [-0.1, -0.05) is 18.2 Å². The first kappa shape index (κ1) is 7.79. The van der Waals surface area contributed by atoms with Crippen molar-refractivity contribution in [3.63, 3.8) is 0 Å². The highest BCUT2D eigenvalue weighted by atomic mass is 14.7. The fourth-order valence-electron chi connectivity index (χ4n) is 0.894. The standard InChI is InChI=1S/C9H11N2/c1-2-7-4-3-5-8(6-7)9(10)11/h3-6H,1-2H2,(H3,10,11). The first-order chi connectivity index (χ1) is 5.24. The van der Waals surface area contributed by atoms with Crippen LogP contribution in [0, 0.1) is 12.3 Å². The number of nitrogens with one attached hydrogen (secondary N) is 1. The minimum atomic E-state index is 0.111. The Morgan fingerprint density at radius 1 is 1.55 bits per heavy atom. The van der Waals surface area contributed by atoms with Crippen molar-refractivity contribution in [3.05, 3.63) is 42.3 Å². The summed E-state index contributed by atoms with van der Waals surface area (Å²) in [6.07, 6.45) is 0.737. The van der Waals surface area contributed by atoms with Crippen LogP contribution in [-0.4, -0.2) is 5.84 Å². The summed E-state index contributed by atoms with van der Waals surface area (Å²) in [6.45, 7) is 3.75. The quantitative estimate of drug-likeness (QED) is 0.481. The molecule has 2 nitrogen and oxygen atoms in total. The van der Waals surface area contributed by atoms with Gasteiger partial charge in [-0.2, -0.15) is 0 Å². The van der Waals surface area contributed by atoms with Crippen LogP contribution in [0.1, 0.15) is 11.1 Å². The molecule has 0 unspecified atom stereocenters. The minimum Gasteiger partial charge on any atom is -0.384 e. The fourth-order valence-corrected chi connectivity index (χ4v) is 0.894. The molecule has 3 N–H and O–H groups in total. The lowest BCUT2D eigenvalue weighted by molar-refractivity contribution is 1.26. The van der Waals surface area contributed by atoms with Gasteiger partial charge in [0.1, 0.15) is 5.84 Å². The van der Waals surface area contributed by atoms with Crippen molar-refractivity contribution in [1.29, 1.82) is 5.41 Å². The van der Waals surface area contributed by atoms with Gasteiger partial charge >= 0.3 is 0 Å². The highest BCUT2D eigenvalue weighted by molar-refractivity contribution is 5.95. The summed E-state index contributed by atoms with van der Waals surface area (Å²) in [5.74, 6) is 0.111. The summed E-state index contributed by atoms with van der Waals surface area (Å²) >= 11 is 0. The lowest BCUT2D eigenvalue weighted by Crippen LogP contribution is -2.10. The molecule has 1 aromatic carbocycles. The van der Waals surface area contributed by atoms with E-state index in [0.29, 0.717) is 0 Å². The second-order valence-corrected chi connectivity index (χ2v) is 2.36. The molecule has 1 radical (unpaired) electrons. The Balaban J connectivity index is 3.01. The molecular weight excluding hydrogens is 136 g/mol. The first-order valence-corrected chi connectivity index (χ1v) is 3.46. The monoisotopic (exact) mass is 147 g/mol. The van der Waals surface area contributed by atoms with Crippen LogP contribution in [-0.2, 0) is 6.42 Å². The van der Waals surface area contributed by atoms with Gasteiger partial charge in [-0.15, -0.1) is 0 Å². The largest absolute Gasteiger partial charge is 0.384 e. The number of hydrogen-bond acceptors (Lipinski definition) is 1. The van der Waals surface area contributed by atoms with Crippen LogP contribution < -0.4 is 5.73 Å². The van der Waals surface area contributed by atoms with E-state index in [1.165, 1.54) is 0 Å². The topological polar surface area (TPSA) is 49.9 Å². The smallest absolute Gasteiger partial charge is 0.122 e.